The number of amides is 1. The van der Waals surface area contributed by atoms with Crippen LogP contribution in [0.4, 0.5) is 0 Å². The van der Waals surface area contributed by atoms with Gasteiger partial charge in [0, 0.05) is 59.7 Å². The second-order valence-electron chi connectivity index (χ2n) is 13.5. The Hall–Kier alpha value is -2.84. The van der Waals surface area contributed by atoms with E-state index in [-0.39, 0.29) is 51.2 Å². The number of carbonyl (C=O) groups is 1. The van der Waals surface area contributed by atoms with Gasteiger partial charge in [0.15, 0.2) is 0 Å². The topological polar surface area (TPSA) is 173 Å². The average Bonchev–Trinajstić information content (AvgIpc) is 4.09. The Labute approximate surface area is 308 Å². The van der Waals surface area contributed by atoms with E-state index in [1.165, 1.54) is 4.90 Å². The second-order valence-corrected chi connectivity index (χ2v) is 14.3. The highest BCUT2D eigenvalue weighted by molar-refractivity contribution is 6.34. The number of pyridine rings is 1. The standard InChI is InChI=1S/C38H48Cl2N2O9/c39-30-19-25(23-50-38(13-14-38)29-20-41-15-12-27(29)28-7-2-3-8-34(28)51-26-10-11-26)31(40)18-24(30)6-1-4-9-35(47)42(16-5-17-43)21-32(45)36(48)37(49)33(46)22-44/h2-3,7-8,12,15,18-20,26,32-33,36-37,43-46,48-49H,1,4-6,9-11,13-14,16-17,21-23H2/t32-,33+,36+,37+/m0/s1. The fourth-order valence-electron chi connectivity index (χ4n) is 6.13. The molecular formula is C38H48Cl2N2O9. The van der Waals surface area contributed by atoms with Crippen molar-refractivity contribution in [2.75, 3.05) is 26.3 Å². The second kappa shape index (κ2) is 18.3. The molecule has 4 atom stereocenters. The summed E-state index contributed by atoms with van der Waals surface area (Å²) in [5, 5.41) is 59.4. The van der Waals surface area contributed by atoms with Gasteiger partial charge in [-0.05, 0) is 92.3 Å². The Bertz CT molecular complexity index is 1600. The molecule has 0 spiro atoms. The average molecular weight is 748 g/mol. The number of aliphatic hydroxyl groups excluding tert-OH is 6. The number of hydrogen-bond acceptors (Lipinski definition) is 10. The molecule has 5 rings (SSSR count). The number of hydrogen-bond donors (Lipinski definition) is 6. The lowest BCUT2D eigenvalue weighted by molar-refractivity contribution is -0.140. The van der Waals surface area contributed by atoms with E-state index >= 15 is 0 Å². The number of ether oxygens (including phenoxy) is 2. The van der Waals surface area contributed by atoms with Gasteiger partial charge in [-0.25, -0.2) is 0 Å². The molecule has 1 amide bonds. The lowest BCUT2D eigenvalue weighted by Crippen LogP contribution is -2.50. The summed E-state index contributed by atoms with van der Waals surface area (Å²) < 4.78 is 12.8. The summed E-state index contributed by atoms with van der Waals surface area (Å²) in [6, 6.07) is 13.8. The zero-order valence-corrected chi connectivity index (χ0v) is 30.1. The van der Waals surface area contributed by atoms with Crippen LogP contribution in [0.2, 0.25) is 10.0 Å². The Morgan fingerprint density at radius 1 is 0.922 bits per heavy atom. The molecule has 2 aromatic carbocycles. The van der Waals surface area contributed by atoms with Gasteiger partial charge in [0.1, 0.15) is 30.2 Å². The maximum Gasteiger partial charge on any atom is 0.222 e. The predicted octanol–water partition coefficient (Wildman–Crippen LogP) is 4.16. The van der Waals surface area contributed by atoms with Crippen LogP contribution in [0.15, 0.2) is 54.9 Å². The maximum absolute atomic E-state index is 13.0. The van der Waals surface area contributed by atoms with Crippen molar-refractivity contribution in [2.24, 2.45) is 0 Å². The Kier molecular flexibility index (Phi) is 14.1. The molecule has 2 aliphatic rings. The minimum atomic E-state index is -1.79. The molecule has 13 heteroatoms. The third-order valence-electron chi connectivity index (χ3n) is 9.49. The van der Waals surface area contributed by atoms with Crippen LogP contribution in [0.5, 0.6) is 5.75 Å². The van der Waals surface area contributed by atoms with Crippen molar-refractivity contribution in [3.8, 4) is 16.9 Å². The van der Waals surface area contributed by atoms with Crippen LogP contribution in [0.1, 0.15) is 68.1 Å². The summed E-state index contributed by atoms with van der Waals surface area (Å²) in [4.78, 5) is 18.7. The molecule has 1 aromatic heterocycles. The highest BCUT2D eigenvalue weighted by atomic mass is 35.5. The van der Waals surface area contributed by atoms with Crippen LogP contribution in [0.25, 0.3) is 11.1 Å². The van der Waals surface area contributed by atoms with Gasteiger partial charge < -0.3 is 45.0 Å². The first-order chi connectivity index (χ1) is 24.6. The number of nitrogens with zero attached hydrogens (tertiary/aromatic N) is 2. The van der Waals surface area contributed by atoms with Gasteiger partial charge in [0.05, 0.1) is 24.9 Å². The Morgan fingerprint density at radius 2 is 1.63 bits per heavy atom. The summed E-state index contributed by atoms with van der Waals surface area (Å²) in [5.41, 5.74) is 4.20. The lowest BCUT2D eigenvalue weighted by atomic mass is 9.96. The number of aliphatic hydroxyl groups is 6. The van der Waals surface area contributed by atoms with Gasteiger partial charge in [-0.15, -0.1) is 0 Å². The van der Waals surface area contributed by atoms with Crippen LogP contribution < -0.4 is 4.74 Å². The molecule has 3 aromatic rings. The summed E-state index contributed by atoms with van der Waals surface area (Å²) in [7, 11) is 0. The van der Waals surface area contributed by atoms with Crippen LogP contribution in [-0.2, 0) is 28.2 Å². The van der Waals surface area contributed by atoms with Crippen molar-refractivity contribution in [1.29, 1.82) is 0 Å². The van der Waals surface area contributed by atoms with Gasteiger partial charge in [0.25, 0.3) is 0 Å². The van der Waals surface area contributed by atoms with E-state index in [0.29, 0.717) is 29.3 Å². The van der Waals surface area contributed by atoms with Crippen LogP contribution in [0, 0.1) is 0 Å². The summed E-state index contributed by atoms with van der Waals surface area (Å²) in [6.07, 6.45) is 3.10. The van der Waals surface area contributed by atoms with Crippen molar-refractivity contribution in [3.05, 3.63) is 81.6 Å². The Balaban J connectivity index is 1.15. The normalized spacial score (nSPS) is 17.4. The molecule has 6 N–H and O–H groups in total. The van der Waals surface area contributed by atoms with Crippen molar-refractivity contribution >= 4 is 29.1 Å². The maximum atomic E-state index is 13.0. The summed E-state index contributed by atoms with van der Waals surface area (Å²) >= 11 is 13.4. The van der Waals surface area contributed by atoms with Gasteiger partial charge in [-0.3, -0.25) is 9.78 Å². The monoisotopic (exact) mass is 746 g/mol. The van der Waals surface area contributed by atoms with Crippen molar-refractivity contribution in [2.45, 2.75) is 101 Å². The predicted molar refractivity (Wildman–Crippen MR) is 192 cm³/mol. The lowest BCUT2D eigenvalue weighted by Gasteiger charge is -2.30. The van der Waals surface area contributed by atoms with Crippen molar-refractivity contribution < 1.29 is 44.9 Å². The van der Waals surface area contributed by atoms with Crippen molar-refractivity contribution in [3.63, 3.8) is 0 Å². The van der Waals surface area contributed by atoms with Gasteiger partial charge in [0.2, 0.25) is 5.91 Å². The van der Waals surface area contributed by atoms with E-state index in [9.17, 15) is 30.3 Å². The van der Waals surface area contributed by atoms with E-state index < -0.39 is 36.6 Å². The molecule has 1 heterocycles. The number of carbonyl (C=O) groups excluding carboxylic acids is 1. The van der Waals surface area contributed by atoms with E-state index in [2.05, 4.69) is 11.1 Å². The van der Waals surface area contributed by atoms with E-state index in [4.69, 9.17) is 37.8 Å². The van der Waals surface area contributed by atoms with E-state index in [0.717, 1.165) is 59.3 Å². The van der Waals surface area contributed by atoms with Gasteiger partial charge in [-0.2, -0.15) is 0 Å². The minimum absolute atomic E-state index is 0.133. The number of para-hydroxylation sites is 1. The van der Waals surface area contributed by atoms with Crippen molar-refractivity contribution in [1.82, 2.24) is 9.88 Å². The summed E-state index contributed by atoms with van der Waals surface area (Å²) in [5.74, 6) is 0.566. The highest BCUT2D eigenvalue weighted by Gasteiger charge is 2.48. The summed E-state index contributed by atoms with van der Waals surface area (Å²) in [6.45, 7) is -0.892. The number of halogens is 2. The molecular weight excluding hydrogens is 699 g/mol. The molecule has 51 heavy (non-hydrogen) atoms. The SMILES string of the molecule is O=C(CCCCc1cc(Cl)c(COC2(c3cnccc3-c3ccccc3OC3CC3)CC2)cc1Cl)N(CCCO)C[C@H](O)[C@@H](O)[C@H](O)[C@H](O)CO. The molecule has 2 saturated carbocycles. The number of aryl methyl sites for hydroxylation is 1. The molecule has 0 bridgehead atoms. The first kappa shape index (κ1) is 39.4. The highest BCUT2D eigenvalue weighted by Crippen LogP contribution is 2.53. The largest absolute Gasteiger partial charge is 0.490 e. The number of benzene rings is 2. The van der Waals surface area contributed by atoms with Gasteiger partial charge in [-0.1, -0.05) is 41.4 Å². The molecule has 0 aliphatic heterocycles. The van der Waals surface area contributed by atoms with Gasteiger partial charge >= 0.3 is 0 Å². The Morgan fingerprint density at radius 3 is 2.33 bits per heavy atom. The molecule has 0 unspecified atom stereocenters. The zero-order valence-electron chi connectivity index (χ0n) is 28.5. The number of aromatic nitrogens is 1. The smallest absolute Gasteiger partial charge is 0.222 e. The quantitative estimate of drug-likeness (QED) is 0.0870. The van der Waals surface area contributed by atoms with E-state index in [1.54, 1.807) is 6.20 Å². The fourth-order valence-corrected chi connectivity index (χ4v) is 6.65. The molecule has 0 radical (unpaired) electrons. The number of unbranched alkanes of at least 4 members (excludes halogenated alkanes) is 1. The molecule has 2 fully saturated rings. The van der Waals surface area contributed by atoms with Crippen LogP contribution >= 0.6 is 23.2 Å². The van der Waals surface area contributed by atoms with Crippen LogP contribution in [0.3, 0.4) is 0 Å². The minimum Gasteiger partial charge on any atom is -0.490 e. The molecule has 11 nitrogen and oxygen atoms in total. The molecule has 278 valence electrons. The third-order valence-corrected chi connectivity index (χ3v) is 10.2. The zero-order chi connectivity index (χ0) is 36.5. The fraction of sp³-hybridized carbons (Fsp3) is 0.526. The first-order valence-corrected chi connectivity index (χ1v) is 18.4. The molecule has 0 saturated heterocycles. The third kappa shape index (κ3) is 10.4. The van der Waals surface area contributed by atoms with E-state index in [1.807, 2.05) is 42.6 Å². The first-order valence-electron chi connectivity index (χ1n) is 17.6. The van der Waals surface area contributed by atoms with Crippen LogP contribution in [-0.4, -0.2) is 103 Å². The molecule has 2 aliphatic carbocycles. The number of rotatable bonds is 21.